The fourth-order valence-electron chi connectivity index (χ4n) is 2.29. The second-order valence-corrected chi connectivity index (χ2v) is 5.23. The van der Waals surface area contributed by atoms with Crippen LogP contribution in [0.1, 0.15) is 24.8 Å². The van der Waals surface area contributed by atoms with E-state index in [1.165, 1.54) is 19.3 Å². The first-order valence-electron chi connectivity index (χ1n) is 6.66. The van der Waals surface area contributed by atoms with Crippen molar-refractivity contribution in [3.05, 3.63) is 29.8 Å². The van der Waals surface area contributed by atoms with Crippen molar-refractivity contribution in [3.8, 4) is 6.07 Å². The van der Waals surface area contributed by atoms with Crippen molar-refractivity contribution >= 4 is 11.6 Å². The number of anilines is 1. The molecule has 1 aliphatic rings. The lowest BCUT2D eigenvalue weighted by Gasteiger charge is -2.29. The Hall–Kier alpha value is -1.86. The number of nitrogens with zero attached hydrogens (tertiary/aromatic N) is 2. The Labute approximate surface area is 114 Å². The fraction of sp³-hybridized carbons (Fsp3) is 0.467. The van der Waals surface area contributed by atoms with E-state index in [0.717, 1.165) is 12.5 Å². The van der Waals surface area contributed by atoms with Gasteiger partial charge in [-0.3, -0.25) is 9.69 Å². The monoisotopic (exact) mass is 257 g/mol. The molecular weight excluding hydrogens is 238 g/mol. The SMILES string of the molecule is CN(CC(=O)Nc1cccc(C#N)c1)CC1CCC1. The predicted molar refractivity (Wildman–Crippen MR) is 74.6 cm³/mol. The summed E-state index contributed by atoms with van der Waals surface area (Å²) in [5.74, 6) is 0.733. The minimum absolute atomic E-state index is 0.0306. The van der Waals surface area contributed by atoms with Crippen molar-refractivity contribution in [1.29, 1.82) is 5.26 Å². The van der Waals surface area contributed by atoms with E-state index in [1.54, 1.807) is 24.3 Å². The van der Waals surface area contributed by atoms with Gasteiger partial charge in [-0.2, -0.15) is 5.26 Å². The van der Waals surface area contributed by atoms with E-state index in [0.29, 0.717) is 17.8 Å². The number of carbonyl (C=O) groups excluding carboxylic acids is 1. The van der Waals surface area contributed by atoms with Crippen LogP contribution in [0.2, 0.25) is 0 Å². The summed E-state index contributed by atoms with van der Waals surface area (Å²) in [7, 11) is 1.98. The van der Waals surface area contributed by atoms with Gasteiger partial charge in [-0.1, -0.05) is 12.5 Å². The first-order valence-corrected chi connectivity index (χ1v) is 6.66. The van der Waals surface area contributed by atoms with Gasteiger partial charge in [0.25, 0.3) is 0 Å². The van der Waals surface area contributed by atoms with Crippen LogP contribution in [0.15, 0.2) is 24.3 Å². The molecule has 1 N–H and O–H groups in total. The molecule has 0 spiro atoms. The Kier molecular flexibility index (Phi) is 4.53. The molecule has 0 atom stereocenters. The molecule has 19 heavy (non-hydrogen) atoms. The molecule has 1 saturated carbocycles. The largest absolute Gasteiger partial charge is 0.325 e. The standard InChI is InChI=1S/C15H19N3O/c1-18(10-12-4-2-5-12)11-15(19)17-14-7-3-6-13(8-14)9-16/h3,6-8,12H,2,4-5,10-11H2,1H3,(H,17,19). The summed E-state index contributed by atoms with van der Waals surface area (Å²) in [4.78, 5) is 13.9. The zero-order chi connectivity index (χ0) is 13.7. The summed E-state index contributed by atoms with van der Waals surface area (Å²) in [6.07, 6.45) is 3.90. The number of likely N-dealkylation sites (N-methyl/N-ethyl adjacent to an activating group) is 1. The van der Waals surface area contributed by atoms with E-state index in [4.69, 9.17) is 5.26 Å². The average Bonchev–Trinajstić information content (AvgIpc) is 2.34. The minimum atomic E-state index is -0.0306. The number of hydrogen-bond acceptors (Lipinski definition) is 3. The molecule has 1 aromatic rings. The van der Waals surface area contributed by atoms with Gasteiger partial charge in [0, 0.05) is 12.2 Å². The van der Waals surface area contributed by atoms with Crippen LogP contribution in [0, 0.1) is 17.2 Å². The number of hydrogen-bond donors (Lipinski definition) is 1. The van der Waals surface area contributed by atoms with Crippen molar-refractivity contribution in [2.75, 3.05) is 25.5 Å². The molecule has 0 radical (unpaired) electrons. The van der Waals surface area contributed by atoms with Crippen molar-refractivity contribution in [1.82, 2.24) is 4.90 Å². The van der Waals surface area contributed by atoms with Crippen LogP contribution in [0.4, 0.5) is 5.69 Å². The van der Waals surface area contributed by atoms with E-state index >= 15 is 0 Å². The van der Waals surface area contributed by atoms with E-state index in [9.17, 15) is 4.79 Å². The van der Waals surface area contributed by atoms with Crippen LogP contribution < -0.4 is 5.32 Å². The number of amides is 1. The lowest BCUT2D eigenvalue weighted by atomic mass is 9.85. The summed E-state index contributed by atoms with van der Waals surface area (Å²) in [5.41, 5.74) is 1.24. The van der Waals surface area contributed by atoms with Crippen LogP contribution in [-0.2, 0) is 4.79 Å². The van der Waals surface area contributed by atoms with Crippen molar-refractivity contribution < 1.29 is 4.79 Å². The molecule has 100 valence electrons. The summed E-state index contributed by atoms with van der Waals surface area (Å²) < 4.78 is 0. The zero-order valence-corrected chi connectivity index (χ0v) is 11.2. The highest BCUT2D eigenvalue weighted by atomic mass is 16.2. The second-order valence-electron chi connectivity index (χ2n) is 5.23. The molecule has 4 nitrogen and oxygen atoms in total. The van der Waals surface area contributed by atoms with E-state index < -0.39 is 0 Å². The van der Waals surface area contributed by atoms with Crippen molar-refractivity contribution in [2.24, 2.45) is 5.92 Å². The smallest absolute Gasteiger partial charge is 0.238 e. The number of rotatable bonds is 5. The molecule has 1 amide bonds. The Morgan fingerprint density at radius 2 is 2.32 bits per heavy atom. The van der Waals surface area contributed by atoms with Gasteiger partial charge >= 0.3 is 0 Å². The fourth-order valence-corrected chi connectivity index (χ4v) is 2.29. The third kappa shape index (κ3) is 4.08. The molecule has 0 aliphatic heterocycles. The molecule has 0 aromatic heterocycles. The van der Waals surface area contributed by atoms with Crippen LogP contribution in [0.25, 0.3) is 0 Å². The van der Waals surface area contributed by atoms with Crippen LogP contribution >= 0.6 is 0 Å². The maximum atomic E-state index is 11.9. The predicted octanol–water partition coefficient (Wildman–Crippen LogP) is 2.23. The Bertz CT molecular complexity index is 488. The number of carbonyl (C=O) groups is 1. The van der Waals surface area contributed by atoms with Crippen molar-refractivity contribution in [3.63, 3.8) is 0 Å². The van der Waals surface area contributed by atoms with E-state index in [2.05, 4.69) is 16.3 Å². The molecule has 0 heterocycles. The average molecular weight is 257 g/mol. The third-order valence-corrected chi connectivity index (χ3v) is 3.48. The Balaban J connectivity index is 1.81. The van der Waals surface area contributed by atoms with Crippen LogP contribution in [0.3, 0.4) is 0 Å². The molecule has 0 saturated heterocycles. The Morgan fingerprint density at radius 3 is 2.95 bits per heavy atom. The topological polar surface area (TPSA) is 56.1 Å². The number of benzene rings is 1. The quantitative estimate of drug-likeness (QED) is 0.880. The molecule has 2 rings (SSSR count). The maximum Gasteiger partial charge on any atom is 0.238 e. The first kappa shape index (κ1) is 13.6. The van der Waals surface area contributed by atoms with Crippen LogP contribution in [0.5, 0.6) is 0 Å². The van der Waals surface area contributed by atoms with E-state index in [1.807, 2.05) is 7.05 Å². The molecule has 0 unspecified atom stereocenters. The number of nitrogens with one attached hydrogen (secondary N) is 1. The van der Waals surface area contributed by atoms with Gasteiger partial charge in [0.1, 0.15) is 0 Å². The van der Waals surface area contributed by atoms with Gasteiger partial charge in [-0.05, 0) is 44.0 Å². The normalized spacial score (nSPS) is 14.8. The minimum Gasteiger partial charge on any atom is -0.325 e. The van der Waals surface area contributed by atoms with E-state index in [-0.39, 0.29) is 5.91 Å². The second kappa shape index (κ2) is 6.35. The summed E-state index contributed by atoms with van der Waals surface area (Å²) >= 11 is 0. The summed E-state index contributed by atoms with van der Waals surface area (Å²) in [6.45, 7) is 1.39. The molecule has 1 aliphatic carbocycles. The van der Waals surface area contributed by atoms with Gasteiger partial charge in [-0.25, -0.2) is 0 Å². The summed E-state index contributed by atoms with van der Waals surface area (Å²) in [5, 5.41) is 11.6. The third-order valence-electron chi connectivity index (χ3n) is 3.48. The molecule has 4 heteroatoms. The molecular formula is C15H19N3O. The van der Waals surface area contributed by atoms with Crippen molar-refractivity contribution in [2.45, 2.75) is 19.3 Å². The first-order chi connectivity index (χ1) is 9.17. The highest BCUT2D eigenvalue weighted by Gasteiger charge is 2.19. The molecule has 1 aromatic carbocycles. The van der Waals surface area contributed by atoms with Crippen LogP contribution in [-0.4, -0.2) is 30.9 Å². The number of nitriles is 1. The van der Waals surface area contributed by atoms with Gasteiger partial charge in [-0.15, -0.1) is 0 Å². The lowest BCUT2D eigenvalue weighted by molar-refractivity contribution is -0.117. The Morgan fingerprint density at radius 1 is 1.53 bits per heavy atom. The highest BCUT2D eigenvalue weighted by Crippen LogP contribution is 2.26. The lowest BCUT2D eigenvalue weighted by Crippen LogP contribution is -2.35. The van der Waals surface area contributed by atoms with Gasteiger partial charge in [0.05, 0.1) is 18.2 Å². The summed E-state index contributed by atoms with van der Waals surface area (Å²) in [6, 6.07) is 9.03. The van der Waals surface area contributed by atoms with Gasteiger partial charge in [0.2, 0.25) is 5.91 Å². The highest BCUT2D eigenvalue weighted by molar-refractivity contribution is 5.92. The maximum absolute atomic E-state index is 11.9. The van der Waals surface area contributed by atoms with Gasteiger partial charge < -0.3 is 5.32 Å². The molecule has 1 fully saturated rings. The molecule has 0 bridgehead atoms. The van der Waals surface area contributed by atoms with Gasteiger partial charge in [0.15, 0.2) is 0 Å². The zero-order valence-electron chi connectivity index (χ0n) is 11.2.